The number of amides is 3. The number of rotatable bonds is 6. The average Bonchev–Trinajstić information content (AvgIpc) is 3.31. The van der Waals surface area contributed by atoms with Crippen LogP contribution < -0.4 is 5.32 Å². The number of nitrogens with one attached hydrogen (secondary N) is 1. The van der Waals surface area contributed by atoms with Gasteiger partial charge in [0.25, 0.3) is 11.8 Å². The monoisotopic (exact) mass is 452 g/mol. The minimum Gasteiger partial charge on any atom is -0.368 e. The Morgan fingerprint density at radius 2 is 1.81 bits per heavy atom. The molecule has 2 heterocycles. The first-order valence-corrected chi connectivity index (χ1v) is 11.6. The quantitative estimate of drug-likeness (QED) is 0.623. The van der Waals surface area contributed by atoms with Gasteiger partial charge in [0.1, 0.15) is 6.10 Å². The van der Waals surface area contributed by atoms with Gasteiger partial charge in [-0.2, -0.15) is 0 Å². The molecule has 3 amide bonds. The maximum atomic E-state index is 12.5. The van der Waals surface area contributed by atoms with Crippen LogP contribution in [0.15, 0.2) is 29.2 Å². The fourth-order valence-corrected chi connectivity index (χ4v) is 4.48. The fraction of sp³-hybridized carbons (Fsp3) is 0.550. The maximum absolute atomic E-state index is 12.5. The van der Waals surface area contributed by atoms with Crippen LogP contribution in [0.1, 0.15) is 23.2 Å². The van der Waals surface area contributed by atoms with E-state index in [2.05, 4.69) is 5.32 Å². The molecule has 1 aromatic carbocycles. The van der Waals surface area contributed by atoms with E-state index in [1.165, 1.54) is 38.4 Å². The highest BCUT2D eigenvalue weighted by Crippen LogP contribution is 2.16. The maximum Gasteiger partial charge on any atom is 0.251 e. The Morgan fingerprint density at radius 1 is 1.13 bits per heavy atom. The van der Waals surface area contributed by atoms with Gasteiger partial charge in [-0.3, -0.25) is 14.4 Å². The highest BCUT2D eigenvalue weighted by molar-refractivity contribution is 7.89. The molecule has 0 radical (unpaired) electrons. The number of carbonyl (C=O) groups is 3. The summed E-state index contributed by atoms with van der Waals surface area (Å²) in [4.78, 5) is 40.6. The van der Waals surface area contributed by atoms with Crippen LogP contribution in [0.4, 0.5) is 0 Å². The number of nitrogens with zero attached hydrogens (tertiary/aromatic N) is 3. The average molecular weight is 453 g/mol. The van der Waals surface area contributed by atoms with Crippen LogP contribution in [0.5, 0.6) is 0 Å². The highest BCUT2D eigenvalue weighted by atomic mass is 32.2. The summed E-state index contributed by atoms with van der Waals surface area (Å²) in [6.07, 6.45) is 1.26. The third kappa shape index (κ3) is 5.41. The first kappa shape index (κ1) is 23.2. The van der Waals surface area contributed by atoms with Crippen molar-refractivity contribution in [3.8, 4) is 0 Å². The van der Waals surface area contributed by atoms with E-state index in [0.29, 0.717) is 32.8 Å². The zero-order chi connectivity index (χ0) is 22.6. The second-order valence-corrected chi connectivity index (χ2v) is 9.86. The molecule has 2 aliphatic rings. The summed E-state index contributed by atoms with van der Waals surface area (Å²) in [5, 5.41) is 2.54. The van der Waals surface area contributed by atoms with Crippen LogP contribution in [-0.4, -0.2) is 99.8 Å². The van der Waals surface area contributed by atoms with E-state index in [-0.39, 0.29) is 34.9 Å². The summed E-state index contributed by atoms with van der Waals surface area (Å²) in [5.74, 6) is -0.809. The van der Waals surface area contributed by atoms with Gasteiger partial charge in [-0.1, -0.05) is 6.07 Å². The summed E-state index contributed by atoms with van der Waals surface area (Å²) in [7, 11) is -0.840. The van der Waals surface area contributed by atoms with Crippen molar-refractivity contribution in [3.63, 3.8) is 0 Å². The first-order chi connectivity index (χ1) is 14.7. The first-order valence-electron chi connectivity index (χ1n) is 10.2. The molecule has 0 aromatic heterocycles. The van der Waals surface area contributed by atoms with Crippen molar-refractivity contribution in [2.75, 3.05) is 53.4 Å². The van der Waals surface area contributed by atoms with E-state index < -0.39 is 15.9 Å². The van der Waals surface area contributed by atoms with Crippen molar-refractivity contribution >= 4 is 27.7 Å². The molecule has 1 N–H and O–H groups in total. The molecule has 2 fully saturated rings. The molecule has 0 bridgehead atoms. The molecule has 0 spiro atoms. The normalized spacial score (nSPS) is 19.5. The Labute approximate surface area is 182 Å². The van der Waals surface area contributed by atoms with E-state index in [4.69, 9.17) is 4.74 Å². The third-order valence-corrected chi connectivity index (χ3v) is 7.24. The lowest BCUT2D eigenvalue weighted by atomic mass is 10.2. The zero-order valence-corrected chi connectivity index (χ0v) is 18.6. The van der Waals surface area contributed by atoms with Crippen LogP contribution >= 0.6 is 0 Å². The summed E-state index contributed by atoms with van der Waals surface area (Å²) >= 11 is 0. The van der Waals surface area contributed by atoms with Crippen molar-refractivity contribution in [2.24, 2.45) is 0 Å². The van der Waals surface area contributed by atoms with E-state index in [9.17, 15) is 22.8 Å². The summed E-state index contributed by atoms with van der Waals surface area (Å²) in [6, 6.07) is 5.67. The second kappa shape index (κ2) is 9.75. The van der Waals surface area contributed by atoms with Crippen molar-refractivity contribution in [1.29, 1.82) is 0 Å². The van der Waals surface area contributed by atoms with E-state index in [1.807, 2.05) is 0 Å². The Kier molecular flexibility index (Phi) is 7.29. The van der Waals surface area contributed by atoms with Crippen LogP contribution in [0.3, 0.4) is 0 Å². The zero-order valence-electron chi connectivity index (χ0n) is 17.7. The molecule has 11 heteroatoms. The van der Waals surface area contributed by atoms with Crippen molar-refractivity contribution in [3.05, 3.63) is 29.8 Å². The van der Waals surface area contributed by atoms with E-state index in [1.54, 1.807) is 9.80 Å². The molecule has 0 saturated carbocycles. The standard InChI is InChI=1S/C20H28N4O6S/c1-22(2)31(28,29)16-6-3-5-15(13-16)19(26)21-14-18(25)23-8-10-24(11-9-23)20(27)17-7-4-12-30-17/h3,5-6,13,17H,4,7-12,14H2,1-2H3,(H,21,26). The van der Waals surface area contributed by atoms with Crippen molar-refractivity contribution in [2.45, 2.75) is 23.8 Å². The minimum atomic E-state index is -3.66. The van der Waals surface area contributed by atoms with Gasteiger partial charge in [-0.15, -0.1) is 0 Å². The summed E-state index contributed by atoms with van der Waals surface area (Å²) < 4.78 is 31.0. The number of sulfonamides is 1. The molecule has 2 saturated heterocycles. The van der Waals surface area contributed by atoms with Gasteiger partial charge in [-0.05, 0) is 31.0 Å². The topological polar surface area (TPSA) is 116 Å². The van der Waals surface area contributed by atoms with Gasteiger partial charge in [0.15, 0.2) is 0 Å². The number of piperazine rings is 1. The van der Waals surface area contributed by atoms with Crippen LogP contribution in [-0.2, 0) is 24.3 Å². The molecule has 2 aliphatic heterocycles. The molecule has 1 atom stereocenters. The SMILES string of the molecule is CN(C)S(=O)(=O)c1cccc(C(=O)NCC(=O)N2CCN(C(=O)C3CCCO3)CC2)c1. The van der Waals surface area contributed by atoms with Crippen LogP contribution in [0.25, 0.3) is 0 Å². The summed E-state index contributed by atoms with van der Waals surface area (Å²) in [6.45, 7) is 2.06. The van der Waals surface area contributed by atoms with Gasteiger partial charge in [0.2, 0.25) is 15.9 Å². The van der Waals surface area contributed by atoms with Gasteiger partial charge in [0.05, 0.1) is 11.4 Å². The molecule has 10 nitrogen and oxygen atoms in total. The Morgan fingerprint density at radius 3 is 2.42 bits per heavy atom. The molecular formula is C20H28N4O6S. The molecule has 31 heavy (non-hydrogen) atoms. The lowest BCUT2D eigenvalue weighted by Gasteiger charge is -2.35. The largest absolute Gasteiger partial charge is 0.368 e. The van der Waals surface area contributed by atoms with E-state index >= 15 is 0 Å². The number of ether oxygens (including phenoxy) is 1. The molecule has 1 unspecified atom stereocenters. The predicted octanol–water partition coefficient (Wildman–Crippen LogP) is -0.483. The third-order valence-electron chi connectivity index (χ3n) is 5.42. The highest BCUT2D eigenvalue weighted by Gasteiger charge is 2.31. The van der Waals surface area contributed by atoms with Gasteiger partial charge < -0.3 is 19.9 Å². The molecule has 170 valence electrons. The Hall–Kier alpha value is -2.50. The minimum absolute atomic E-state index is 0.00325. The van der Waals surface area contributed by atoms with Gasteiger partial charge in [-0.25, -0.2) is 12.7 Å². The lowest BCUT2D eigenvalue weighted by Crippen LogP contribution is -2.54. The number of hydrogen-bond donors (Lipinski definition) is 1. The smallest absolute Gasteiger partial charge is 0.251 e. The van der Waals surface area contributed by atoms with Crippen molar-refractivity contribution in [1.82, 2.24) is 19.4 Å². The fourth-order valence-electron chi connectivity index (χ4n) is 3.53. The summed E-state index contributed by atoms with van der Waals surface area (Å²) in [5.41, 5.74) is 0.155. The van der Waals surface area contributed by atoms with Crippen LogP contribution in [0, 0.1) is 0 Å². The van der Waals surface area contributed by atoms with Gasteiger partial charge in [0, 0.05) is 52.4 Å². The van der Waals surface area contributed by atoms with Gasteiger partial charge >= 0.3 is 0 Å². The van der Waals surface area contributed by atoms with Crippen LogP contribution in [0.2, 0.25) is 0 Å². The molecule has 1 aromatic rings. The lowest BCUT2D eigenvalue weighted by molar-refractivity contribution is -0.145. The molecular weight excluding hydrogens is 424 g/mol. The van der Waals surface area contributed by atoms with Crippen molar-refractivity contribution < 1.29 is 27.5 Å². The van der Waals surface area contributed by atoms with E-state index in [0.717, 1.165) is 17.1 Å². The number of hydrogen-bond acceptors (Lipinski definition) is 6. The molecule has 0 aliphatic carbocycles. The predicted molar refractivity (Wildman–Crippen MR) is 112 cm³/mol. The Bertz CT molecular complexity index is 935. The molecule has 3 rings (SSSR count). The second-order valence-electron chi connectivity index (χ2n) is 7.71. The number of benzene rings is 1. The number of carbonyl (C=O) groups excluding carboxylic acids is 3. The Balaban J connectivity index is 1.50.